The third kappa shape index (κ3) is 4.81. The van der Waals surface area contributed by atoms with Gasteiger partial charge in [0.25, 0.3) is 0 Å². The van der Waals surface area contributed by atoms with Crippen LogP contribution in [-0.4, -0.2) is 73.2 Å². The third-order valence-corrected chi connectivity index (χ3v) is 8.13. The summed E-state index contributed by atoms with van der Waals surface area (Å²) in [5.74, 6) is 0.363. The number of pyridine rings is 2. The van der Waals surface area contributed by atoms with Gasteiger partial charge in [-0.25, -0.2) is 14.2 Å². The van der Waals surface area contributed by atoms with E-state index < -0.39 is 11.9 Å². The highest BCUT2D eigenvalue weighted by atomic mass is 32.2. The molecule has 198 valence electrons. The number of carbonyl (C=O) groups is 2. The number of hydrogen-bond donors (Lipinski definition) is 2. The molecule has 0 aliphatic carbocycles. The van der Waals surface area contributed by atoms with Gasteiger partial charge in [-0.2, -0.15) is 0 Å². The van der Waals surface area contributed by atoms with Crippen molar-refractivity contribution in [2.75, 3.05) is 54.2 Å². The Bertz CT molecular complexity index is 1400. The van der Waals surface area contributed by atoms with Crippen LogP contribution in [0.1, 0.15) is 12.8 Å². The Morgan fingerprint density at radius 1 is 1.24 bits per heavy atom. The van der Waals surface area contributed by atoms with Crippen molar-refractivity contribution in [1.82, 2.24) is 15.3 Å². The van der Waals surface area contributed by atoms with Crippen molar-refractivity contribution in [3.63, 3.8) is 0 Å². The van der Waals surface area contributed by atoms with E-state index in [0.717, 1.165) is 23.4 Å². The average molecular weight is 539 g/mol. The van der Waals surface area contributed by atoms with E-state index in [1.807, 2.05) is 23.1 Å². The zero-order valence-corrected chi connectivity index (χ0v) is 21.6. The molecule has 2 fully saturated rings. The highest BCUT2D eigenvalue weighted by molar-refractivity contribution is 8.00. The van der Waals surface area contributed by atoms with Crippen LogP contribution in [0.4, 0.5) is 26.2 Å². The van der Waals surface area contributed by atoms with Gasteiger partial charge in [0.15, 0.2) is 5.82 Å². The summed E-state index contributed by atoms with van der Waals surface area (Å²) in [5, 5.41) is 6.38. The van der Waals surface area contributed by atoms with Crippen LogP contribution >= 0.6 is 11.8 Å². The number of methoxy groups -OCH3 is 1. The van der Waals surface area contributed by atoms with Gasteiger partial charge in [0.05, 0.1) is 36.8 Å². The predicted molar refractivity (Wildman–Crippen MR) is 143 cm³/mol. The van der Waals surface area contributed by atoms with E-state index in [2.05, 4.69) is 20.6 Å². The molecule has 3 aliphatic heterocycles. The van der Waals surface area contributed by atoms with Crippen LogP contribution in [-0.2, 0) is 9.53 Å². The van der Waals surface area contributed by atoms with E-state index >= 15 is 0 Å². The summed E-state index contributed by atoms with van der Waals surface area (Å²) in [7, 11) is 1.53. The van der Waals surface area contributed by atoms with Crippen LogP contribution in [0.5, 0.6) is 5.88 Å². The number of thioether (sulfide) groups is 1. The molecule has 0 unspecified atom stereocenters. The molecule has 0 saturated carbocycles. The Morgan fingerprint density at radius 3 is 2.89 bits per heavy atom. The van der Waals surface area contributed by atoms with Gasteiger partial charge in [-0.15, -0.1) is 11.8 Å². The van der Waals surface area contributed by atoms with Gasteiger partial charge < -0.3 is 25.0 Å². The summed E-state index contributed by atoms with van der Waals surface area (Å²) in [6, 6.07) is 9.33. The standard InChI is InChI=1S/C26H27FN6O4S/c1-36-23-5-3-19-24(31-23)25(18(27)12-29-19)32-8-6-15(7-9-32)28-11-17-13-33(26(35)37-17)16-2-4-21-20(10-16)30-22(34)14-38-21/h2-5,10,12,15,17,28H,6-9,11,13-14H2,1H3,(H,30,34)/t17-/m1/s1. The molecule has 6 rings (SSSR count). The molecule has 38 heavy (non-hydrogen) atoms. The average Bonchev–Trinajstić information content (AvgIpc) is 3.31. The first kappa shape index (κ1) is 24.7. The molecule has 0 radical (unpaired) electrons. The molecule has 1 atom stereocenters. The molecule has 5 heterocycles. The van der Waals surface area contributed by atoms with Crippen molar-refractivity contribution in [1.29, 1.82) is 0 Å². The number of rotatable bonds is 6. The van der Waals surface area contributed by atoms with Gasteiger partial charge in [0.1, 0.15) is 17.3 Å². The zero-order valence-electron chi connectivity index (χ0n) is 20.8. The lowest BCUT2D eigenvalue weighted by atomic mass is 10.0. The Balaban J connectivity index is 1.05. The SMILES string of the molecule is COc1ccc2ncc(F)c(N3CCC(NC[C@@H]4CN(c5ccc6c(c5)NC(=O)CS6)C(=O)O4)CC3)c2n1. The van der Waals surface area contributed by atoms with Gasteiger partial charge in [-0.05, 0) is 37.1 Å². The second-order valence-electron chi connectivity index (χ2n) is 9.48. The second-order valence-corrected chi connectivity index (χ2v) is 10.5. The highest BCUT2D eigenvalue weighted by Gasteiger charge is 2.34. The fourth-order valence-corrected chi connectivity index (χ4v) is 5.90. The van der Waals surface area contributed by atoms with Crippen molar-refractivity contribution in [3.8, 4) is 5.88 Å². The topological polar surface area (TPSA) is 109 Å². The molecule has 0 bridgehead atoms. The molecule has 3 aliphatic rings. The molecule has 2 saturated heterocycles. The van der Waals surface area contributed by atoms with Crippen molar-refractivity contribution >= 4 is 51.9 Å². The van der Waals surface area contributed by atoms with E-state index in [1.54, 1.807) is 17.0 Å². The first-order valence-electron chi connectivity index (χ1n) is 12.5. The monoisotopic (exact) mass is 538 g/mol. The Labute approximate surface area is 222 Å². The number of carbonyl (C=O) groups excluding carboxylic acids is 2. The second kappa shape index (κ2) is 10.3. The van der Waals surface area contributed by atoms with Crippen LogP contribution in [0.3, 0.4) is 0 Å². The summed E-state index contributed by atoms with van der Waals surface area (Å²) in [6.45, 7) is 2.26. The Hall–Kier alpha value is -3.64. The number of nitrogens with zero attached hydrogens (tertiary/aromatic N) is 4. The maximum Gasteiger partial charge on any atom is 0.414 e. The molecule has 2 aromatic heterocycles. The number of anilines is 3. The molecule has 2 amide bonds. The molecular weight excluding hydrogens is 511 g/mol. The summed E-state index contributed by atoms with van der Waals surface area (Å²) in [5.41, 5.74) is 2.98. The van der Waals surface area contributed by atoms with Crippen LogP contribution in [0.15, 0.2) is 41.4 Å². The number of hydrogen-bond acceptors (Lipinski definition) is 9. The number of aromatic nitrogens is 2. The number of cyclic esters (lactones) is 1. The quantitative estimate of drug-likeness (QED) is 0.488. The van der Waals surface area contributed by atoms with E-state index in [4.69, 9.17) is 9.47 Å². The van der Waals surface area contributed by atoms with Crippen LogP contribution < -0.4 is 25.2 Å². The summed E-state index contributed by atoms with van der Waals surface area (Å²) in [4.78, 5) is 37.5. The normalized spacial score (nSPS) is 19.9. The van der Waals surface area contributed by atoms with Crippen molar-refractivity contribution in [2.45, 2.75) is 29.9 Å². The van der Waals surface area contributed by atoms with Gasteiger partial charge in [-0.3, -0.25) is 14.7 Å². The fourth-order valence-electron chi connectivity index (χ4n) is 5.11. The summed E-state index contributed by atoms with van der Waals surface area (Å²) >= 11 is 1.48. The number of ether oxygens (including phenoxy) is 2. The summed E-state index contributed by atoms with van der Waals surface area (Å²) < 4.78 is 25.7. The largest absolute Gasteiger partial charge is 0.481 e. The van der Waals surface area contributed by atoms with E-state index in [0.29, 0.717) is 60.2 Å². The Morgan fingerprint density at radius 2 is 2.08 bits per heavy atom. The van der Waals surface area contributed by atoms with Crippen molar-refractivity contribution in [2.24, 2.45) is 0 Å². The molecular formula is C26H27FN6O4S. The molecule has 0 spiro atoms. The number of fused-ring (bicyclic) bond motifs is 2. The molecule has 3 aromatic rings. The smallest absolute Gasteiger partial charge is 0.414 e. The minimum atomic E-state index is -0.400. The minimum absolute atomic E-state index is 0.0485. The van der Waals surface area contributed by atoms with Crippen molar-refractivity contribution < 1.29 is 23.5 Å². The van der Waals surface area contributed by atoms with Gasteiger partial charge in [0, 0.05) is 42.3 Å². The van der Waals surface area contributed by atoms with Gasteiger partial charge in [-0.1, -0.05) is 0 Å². The van der Waals surface area contributed by atoms with Crippen molar-refractivity contribution in [3.05, 3.63) is 42.3 Å². The Kier molecular flexibility index (Phi) is 6.66. The van der Waals surface area contributed by atoms with Crippen LogP contribution in [0.2, 0.25) is 0 Å². The number of amides is 2. The van der Waals surface area contributed by atoms with E-state index in [9.17, 15) is 14.0 Å². The number of benzene rings is 1. The predicted octanol–water partition coefficient (Wildman–Crippen LogP) is 3.41. The van der Waals surface area contributed by atoms with E-state index in [1.165, 1.54) is 25.1 Å². The molecule has 1 aromatic carbocycles. The molecule has 2 N–H and O–H groups in total. The van der Waals surface area contributed by atoms with Crippen LogP contribution in [0.25, 0.3) is 11.0 Å². The number of piperidine rings is 1. The molecule has 10 nitrogen and oxygen atoms in total. The first-order chi connectivity index (χ1) is 18.5. The maximum absolute atomic E-state index is 14.8. The zero-order chi connectivity index (χ0) is 26.2. The van der Waals surface area contributed by atoms with E-state index in [-0.39, 0.29) is 18.1 Å². The highest BCUT2D eigenvalue weighted by Crippen LogP contribution is 2.36. The summed E-state index contributed by atoms with van der Waals surface area (Å²) in [6.07, 6.45) is 2.16. The lowest BCUT2D eigenvalue weighted by molar-refractivity contribution is -0.113. The lowest BCUT2D eigenvalue weighted by Gasteiger charge is -2.34. The van der Waals surface area contributed by atoms with Crippen LogP contribution in [0, 0.1) is 5.82 Å². The maximum atomic E-state index is 14.8. The number of nitrogens with one attached hydrogen (secondary N) is 2. The minimum Gasteiger partial charge on any atom is -0.481 e. The number of halogens is 1. The third-order valence-electron chi connectivity index (χ3n) is 7.05. The van der Waals surface area contributed by atoms with Gasteiger partial charge in [0.2, 0.25) is 11.8 Å². The lowest BCUT2D eigenvalue weighted by Crippen LogP contribution is -2.45. The van der Waals surface area contributed by atoms with Gasteiger partial charge >= 0.3 is 6.09 Å². The molecule has 12 heteroatoms. The fraction of sp³-hybridized carbons (Fsp3) is 0.385. The first-order valence-corrected chi connectivity index (χ1v) is 13.5.